The van der Waals surface area contributed by atoms with E-state index in [9.17, 15) is 9.59 Å². The van der Waals surface area contributed by atoms with Gasteiger partial charge in [-0.1, -0.05) is 11.6 Å². The summed E-state index contributed by atoms with van der Waals surface area (Å²) in [5.74, 6) is 0.318. The Morgan fingerprint density at radius 2 is 2.12 bits per heavy atom. The molecule has 128 valence electrons. The molecule has 0 aliphatic carbocycles. The van der Waals surface area contributed by atoms with Gasteiger partial charge in [0, 0.05) is 19.7 Å². The average Bonchev–Trinajstić information content (AvgIpc) is 3.10. The van der Waals surface area contributed by atoms with Crippen molar-refractivity contribution >= 4 is 29.2 Å². The summed E-state index contributed by atoms with van der Waals surface area (Å²) in [6, 6.07) is 7.18. The Balaban J connectivity index is 2.04. The predicted molar refractivity (Wildman–Crippen MR) is 90.3 cm³/mol. The van der Waals surface area contributed by atoms with E-state index in [1.807, 2.05) is 0 Å². The summed E-state index contributed by atoms with van der Waals surface area (Å²) in [5, 5.41) is 8.13. The smallest absolute Gasteiger partial charge is 0.319 e. The first kappa shape index (κ1) is 17.8. The van der Waals surface area contributed by atoms with Crippen LogP contribution in [0.25, 0.3) is 0 Å². The molecule has 0 aliphatic heterocycles. The monoisotopic (exact) mass is 351 g/mol. The SMILES string of the molecule is CNC(=O)c1ccc(NC(=O)N[C@@H](COC)c2ccco2)c(Cl)c1. The molecule has 1 aromatic heterocycles. The molecule has 0 aliphatic rings. The Bertz CT molecular complexity index is 703. The molecular formula is C16H18ClN3O4. The molecule has 0 fully saturated rings. The second-order valence-electron chi connectivity index (χ2n) is 4.90. The lowest BCUT2D eigenvalue weighted by Crippen LogP contribution is -2.34. The van der Waals surface area contributed by atoms with Crippen molar-refractivity contribution in [1.29, 1.82) is 0 Å². The van der Waals surface area contributed by atoms with Crippen LogP contribution in [0.5, 0.6) is 0 Å². The molecule has 0 radical (unpaired) electrons. The number of methoxy groups -OCH3 is 1. The molecule has 1 heterocycles. The quantitative estimate of drug-likeness (QED) is 0.746. The fraction of sp³-hybridized carbons (Fsp3) is 0.250. The summed E-state index contributed by atoms with van der Waals surface area (Å²) in [6.45, 7) is 0.254. The van der Waals surface area contributed by atoms with Crippen molar-refractivity contribution in [2.24, 2.45) is 0 Å². The van der Waals surface area contributed by atoms with Gasteiger partial charge in [-0.25, -0.2) is 4.79 Å². The number of carbonyl (C=O) groups is 2. The number of hydrogen-bond acceptors (Lipinski definition) is 4. The summed E-state index contributed by atoms with van der Waals surface area (Å²) < 4.78 is 10.4. The molecule has 0 bridgehead atoms. The summed E-state index contributed by atoms with van der Waals surface area (Å²) in [7, 11) is 3.06. The van der Waals surface area contributed by atoms with Crippen molar-refractivity contribution in [3.63, 3.8) is 0 Å². The van der Waals surface area contributed by atoms with Crippen LogP contribution >= 0.6 is 11.6 Å². The number of hydrogen-bond donors (Lipinski definition) is 3. The fourth-order valence-corrected chi connectivity index (χ4v) is 2.30. The molecule has 0 unspecified atom stereocenters. The number of urea groups is 1. The first-order valence-corrected chi connectivity index (χ1v) is 7.54. The molecule has 3 N–H and O–H groups in total. The van der Waals surface area contributed by atoms with Crippen molar-refractivity contribution < 1.29 is 18.7 Å². The van der Waals surface area contributed by atoms with E-state index in [4.69, 9.17) is 20.8 Å². The highest BCUT2D eigenvalue weighted by Crippen LogP contribution is 2.23. The number of furan rings is 1. The highest BCUT2D eigenvalue weighted by atomic mass is 35.5. The first-order valence-electron chi connectivity index (χ1n) is 7.16. The van der Waals surface area contributed by atoms with Crippen LogP contribution in [0.2, 0.25) is 5.02 Å². The second kappa shape index (κ2) is 8.37. The molecule has 0 saturated heterocycles. The number of amides is 3. The lowest BCUT2D eigenvalue weighted by atomic mass is 10.2. The molecule has 0 spiro atoms. The van der Waals surface area contributed by atoms with Gasteiger partial charge in [-0.15, -0.1) is 0 Å². The standard InChI is InChI=1S/C16H18ClN3O4/c1-18-15(21)10-5-6-12(11(17)8-10)19-16(22)20-13(9-23-2)14-4-3-7-24-14/h3-8,13H,9H2,1-2H3,(H,18,21)(H2,19,20,22)/t13-/m0/s1. The number of nitrogens with one attached hydrogen (secondary N) is 3. The number of rotatable bonds is 6. The molecule has 2 rings (SSSR count). The van der Waals surface area contributed by atoms with E-state index in [2.05, 4.69) is 16.0 Å². The zero-order chi connectivity index (χ0) is 17.5. The summed E-state index contributed by atoms with van der Waals surface area (Å²) in [4.78, 5) is 23.7. The number of ether oxygens (including phenoxy) is 1. The molecule has 3 amide bonds. The number of halogens is 1. The average molecular weight is 352 g/mol. The van der Waals surface area contributed by atoms with E-state index in [0.717, 1.165) is 0 Å². The first-order chi connectivity index (χ1) is 11.5. The number of carbonyl (C=O) groups excluding carboxylic acids is 2. The topological polar surface area (TPSA) is 92.6 Å². The molecule has 7 nitrogen and oxygen atoms in total. The molecule has 0 saturated carbocycles. The van der Waals surface area contributed by atoms with Gasteiger partial charge in [0.2, 0.25) is 0 Å². The van der Waals surface area contributed by atoms with Crippen LogP contribution in [-0.4, -0.2) is 32.7 Å². The minimum Gasteiger partial charge on any atom is -0.467 e. The minimum atomic E-state index is -0.469. The van der Waals surface area contributed by atoms with E-state index in [1.165, 1.54) is 26.5 Å². The third-order valence-electron chi connectivity index (χ3n) is 3.23. The van der Waals surface area contributed by atoms with E-state index >= 15 is 0 Å². The van der Waals surface area contributed by atoms with Crippen molar-refractivity contribution in [2.45, 2.75) is 6.04 Å². The molecule has 24 heavy (non-hydrogen) atoms. The summed E-state index contributed by atoms with van der Waals surface area (Å²) in [6.07, 6.45) is 1.52. The van der Waals surface area contributed by atoms with Crippen molar-refractivity contribution in [1.82, 2.24) is 10.6 Å². The van der Waals surface area contributed by atoms with Crippen LogP contribution in [0.15, 0.2) is 41.0 Å². The summed E-state index contributed by atoms with van der Waals surface area (Å²) in [5.41, 5.74) is 0.790. The van der Waals surface area contributed by atoms with Gasteiger partial charge >= 0.3 is 6.03 Å². The molecule has 2 aromatic rings. The van der Waals surface area contributed by atoms with Gasteiger partial charge in [-0.05, 0) is 30.3 Å². The maximum absolute atomic E-state index is 12.2. The highest BCUT2D eigenvalue weighted by Gasteiger charge is 2.18. The van der Waals surface area contributed by atoms with E-state index in [0.29, 0.717) is 17.0 Å². The van der Waals surface area contributed by atoms with Crippen LogP contribution in [0.4, 0.5) is 10.5 Å². The highest BCUT2D eigenvalue weighted by molar-refractivity contribution is 6.34. The zero-order valence-corrected chi connectivity index (χ0v) is 14.0. The van der Waals surface area contributed by atoms with Crippen LogP contribution < -0.4 is 16.0 Å². The van der Waals surface area contributed by atoms with Gasteiger partial charge in [0.15, 0.2) is 0 Å². The lowest BCUT2D eigenvalue weighted by molar-refractivity contribution is 0.0963. The lowest BCUT2D eigenvalue weighted by Gasteiger charge is -2.17. The Morgan fingerprint density at radius 1 is 1.33 bits per heavy atom. The van der Waals surface area contributed by atoms with Gasteiger partial charge in [0.05, 0.1) is 23.6 Å². The summed E-state index contributed by atoms with van der Waals surface area (Å²) >= 11 is 6.11. The minimum absolute atomic E-state index is 0.254. The van der Waals surface area contributed by atoms with Gasteiger partial charge in [-0.3, -0.25) is 4.79 Å². The van der Waals surface area contributed by atoms with E-state index < -0.39 is 12.1 Å². The molecule has 1 aromatic carbocycles. The van der Waals surface area contributed by atoms with Crippen LogP contribution in [-0.2, 0) is 4.74 Å². The zero-order valence-electron chi connectivity index (χ0n) is 13.3. The van der Waals surface area contributed by atoms with Crippen LogP contribution in [0.3, 0.4) is 0 Å². The predicted octanol–water partition coefficient (Wildman–Crippen LogP) is 2.80. The fourth-order valence-electron chi connectivity index (χ4n) is 2.07. The number of anilines is 1. The van der Waals surface area contributed by atoms with Gasteiger partial charge in [-0.2, -0.15) is 0 Å². The Labute approximate surface area is 144 Å². The molecule has 1 atom stereocenters. The van der Waals surface area contributed by atoms with Gasteiger partial charge in [0.25, 0.3) is 5.91 Å². The maximum atomic E-state index is 12.2. The third-order valence-corrected chi connectivity index (χ3v) is 3.54. The van der Waals surface area contributed by atoms with Crippen LogP contribution in [0, 0.1) is 0 Å². The second-order valence-corrected chi connectivity index (χ2v) is 5.30. The largest absolute Gasteiger partial charge is 0.467 e. The van der Waals surface area contributed by atoms with Crippen molar-refractivity contribution in [2.75, 3.05) is 26.1 Å². The normalized spacial score (nSPS) is 11.6. The van der Waals surface area contributed by atoms with Gasteiger partial charge < -0.3 is 25.1 Å². The Morgan fingerprint density at radius 3 is 2.71 bits per heavy atom. The Kier molecular flexibility index (Phi) is 6.22. The van der Waals surface area contributed by atoms with E-state index in [1.54, 1.807) is 24.3 Å². The molecular weight excluding hydrogens is 334 g/mol. The molecule has 8 heteroatoms. The number of benzene rings is 1. The van der Waals surface area contributed by atoms with Crippen molar-refractivity contribution in [3.8, 4) is 0 Å². The third kappa shape index (κ3) is 4.50. The van der Waals surface area contributed by atoms with Crippen molar-refractivity contribution in [3.05, 3.63) is 52.9 Å². The Hall–Kier alpha value is -2.51. The van der Waals surface area contributed by atoms with Crippen LogP contribution in [0.1, 0.15) is 22.2 Å². The van der Waals surface area contributed by atoms with E-state index in [-0.39, 0.29) is 17.5 Å². The van der Waals surface area contributed by atoms with Gasteiger partial charge in [0.1, 0.15) is 11.8 Å². The maximum Gasteiger partial charge on any atom is 0.319 e.